The lowest BCUT2D eigenvalue weighted by atomic mass is 9.94. The summed E-state index contributed by atoms with van der Waals surface area (Å²) in [6.07, 6.45) is 12.8. The van der Waals surface area contributed by atoms with Gasteiger partial charge in [-0.1, -0.05) is 29.4 Å². The van der Waals surface area contributed by atoms with Gasteiger partial charge in [0.05, 0.1) is 7.11 Å². The molecule has 0 saturated heterocycles. The van der Waals surface area contributed by atoms with E-state index in [9.17, 15) is 5.11 Å². The second kappa shape index (κ2) is 8.28. The Morgan fingerprint density at radius 1 is 1.20 bits per heavy atom. The highest BCUT2D eigenvalue weighted by Crippen LogP contribution is 2.40. The van der Waals surface area contributed by atoms with Gasteiger partial charge >= 0.3 is 0 Å². The van der Waals surface area contributed by atoms with Crippen LogP contribution >= 0.6 is 0 Å². The first-order valence-corrected chi connectivity index (χ1v) is 8.91. The first-order valence-electron chi connectivity index (χ1n) is 8.91. The molecule has 0 amide bonds. The summed E-state index contributed by atoms with van der Waals surface area (Å²) < 4.78 is 11.4. The normalized spacial score (nSPS) is 19.2. The van der Waals surface area contributed by atoms with E-state index < -0.39 is 0 Å². The number of hydrogen-bond donors (Lipinski definition) is 1. The molecule has 1 aromatic carbocycles. The largest absolute Gasteiger partial charge is 0.504 e. The van der Waals surface area contributed by atoms with Crippen molar-refractivity contribution in [3.63, 3.8) is 0 Å². The number of methoxy groups -OCH3 is 1. The van der Waals surface area contributed by atoms with Crippen LogP contribution in [0.25, 0.3) is 6.08 Å². The predicted molar refractivity (Wildman–Crippen MR) is 104 cm³/mol. The molecule has 1 aliphatic rings. The van der Waals surface area contributed by atoms with Gasteiger partial charge in [-0.25, -0.2) is 0 Å². The van der Waals surface area contributed by atoms with Crippen molar-refractivity contribution in [1.82, 2.24) is 0 Å². The molecule has 3 heteroatoms. The predicted octanol–water partition coefficient (Wildman–Crippen LogP) is 6.04. The van der Waals surface area contributed by atoms with E-state index in [1.165, 1.54) is 11.1 Å². The first-order chi connectivity index (χ1) is 11.8. The van der Waals surface area contributed by atoms with Gasteiger partial charge in [0.25, 0.3) is 0 Å². The van der Waals surface area contributed by atoms with E-state index in [0.29, 0.717) is 5.75 Å². The number of aromatic hydroxyl groups is 1. The molecule has 136 valence electrons. The van der Waals surface area contributed by atoms with Crippen LogP contribution in [0.2, 0.25) is 0 Å². The SMILES string of the molecule is COc1cc2c(cc1O)C=C[C@](C)(CCC=C(C)CCC=C(C)C)O2. The minimum atomic E-state index is -0.342. The highest BCUT2D eigenvalue weighted by molar-refractivity contribution is 5.65. The third-order valence-electron chi connectivity index (χ3n) is 4.49. The number of hydrogen-bond acceptors (Lipinski definition) is 3. The number of allylic oxidation sites excluding steroid dienone is 4. The Bertz CT molecular complexity index is 693. The lowest BCUT2D eigenvalue weighted by Crippen LogP contribution is -2.31. The van der Waals surface area contributed by atoms with Crippen LogP contribution < -0.4 is 9.47 Å². The monoisotopic (exact) mass is 342 g/mol. The minimum absolute atomic E-state index is 0.132. The average Bonchev–Trinajstić information content (AvgIpc) is 2.54. The second-order valence-corrected chi connectivity index (χ2v) is 7.22. The molecule has 0 unspecified atom stereocenters. The number of ether oxygens (including phenoxy) is 2. The van der Waals surface area contributed by atoms with Crippen LogP contribution in [-0.2, 0) is 0 Å². The zero-order valence-corrected chi connectivity index (χ0v) is 16.1. The Hall–Kier alpha value is -2.16. The maximum Gasteiger partial charge on any atom is 0.164 e. The summed E-state index contributed by atoms with van der Waals surface area (Å²) in [6.45, 7) is 8.57. The maximum atomic E-state index is 9.88. The molecule has 0 bridgehead atoms. The van der Waals surface area contributed by atoms with E-state index in [4.69, 9.17) is 9.47 Å². The van der Waals surface area contributed by atoms with Crippen molar-refractivity contribution >= 4 is 6.08 Å². The van der Waals surface area contributed by atoms with Crippen molar-refractivity contribution < 1.29 is 14.6 Å². The van der Waals surface area contributed by atoms with Crippen LogP contribution in [0.5, 0.6) is 17.2 Å². The van der Waals surface area contributed by atoms with Crippen molar-refractivity contribution in [2.75, 3.05) is 7.11 Å². The molecule has 0 aromatic heterocycles. The summed E-state index contributed by atoms with van der Waals surface area (Å²) in [6, 6.07) is 3.43. The molecule has 0 saturated carbocycles. The molecule has 0 radical (unpaired) electrons. The molecular formula is C22H30O3. The number of fused-ring (bicyclic) bond motifs is 1. The van der Waals surface area contributed by atoms with Gasteiger partial charge in [-0.2, -0.15) is 0 Å². The van der Waals surface area contributed by atoms with Gasteiger partial charge in [-0.05, 0) is 65.5 Å². The molecule has 1 N–H and O–H groups in total. The van der Waals surface area contributed by atoms with Gasteiger partial charge in [0.1, 0.15) is 11.4 Å². The lowest BCUT2D eigenvalue weighted by Gasteiger charge is -2.31. The number of phenolic OH excluding ortho intramolecular Hbond substituents is 1. The zero-order valence-electron chi connectivity index (χ0n) is 16.1. The van der Waals surface area contributed by atoms with Crippen molar-refractivity contribution in [3.05, 3.63) is 47.1 Å². The highest BCUT2D eigenvalue weighted by Gasteiger charge is 2.27. The fraction of sp³-hybridized carbons (Fsp3) is 0.455. The zero-order chi connectivity index (χ0) is 18.4. The second-order valence-electron chi connectivity index (χ2n) is 7.22. The van der Waals surface area contributed by atoms with Crippen molar-refractivity contribution in [3.8, 4) is 17.2 Å². The Labute approximate surface area is 151 Å². The van der Waals surface area contributed by atoms with Crippen molar-refractivity contribution in [2.45, 2.75) is 59.0 Å². The molecular weight excluding hydrogens is 312 g/mol. The summed E-state index contributed by atoms with van der Waals surface area (Å²) in [5.74, 6) is 1.32. The average molecular weight is 342 g/mol. The van der Waals surface area contributed by atoms with E-state index in [2.05, 4.69) is 45.9 Å². The third-order valence-corrected chi connectivity index (χ3v) is 4.49. The first kappa shape index (κ1) is 19.2. The van der Waals surface area contributed by atoms with E-state index in [1.54, 1.807) is 19.2 Å². The summed E-state index contributed by atoms with van der Waals surface area (Å²) in [7, 11) is 1.54. The van der Waals surface area contributed by atoms with Crippen LogP contribution in [0.1, 0.15) is 58.9 Å². The van der Waals surface area contributed by atoms with Crippen LogP contribution in [-0.4, -0.2) is 17.8 Å². The molecule has 25 heavy (non-hydrogen) atoms. The fourth-order valence-electron chi connectivity index (χ4n) is 2.93. The van der Waals surface area contributed by atoms with Crippen LogP contribution in [0.3, 0.4) is 0 Å². The Morgan fingerprint density at radius 2 is 1.96 bits per heavy atom. The smallest absolute Gasteiger partial charge is 0.164 e. The number of rotatable bonds is 7. The van der Waals surface area contributed by atoms with Gasteiger partial charge in [-0.15, -0.1) is 0 Å². The molecule has 1 aromatic rings. The summed E-state index contributed by atoms with van der Waals surface area (Å²) in [4.78, 5) is 0. The third kappa shape index (κ3) is 5.42. The Kier molecular flexibility index (Phi) is 6.35. The van der Waals surface area contributed by atoms with Gasteiger partial charge in [-0.3, -0.25) is 0 Å². The highest BCUT2D eigenvalue weighted by atomic mass is 16.5. The van der Waals surface area contributed by atoms with Crippen LogP contribution in [0, 0.1) is 0 Å². The van der Waals surface area contributed by atoms with E-state index >= 15 is 0 Å². The Morgan fingerprint density at radius 3 is 2.64 bits per heavy atom. The van der Waals surface area contributed by atoms with E-state index in [0.717, 1.165) is 37.0 Å². The van der Waals surface area contributed by atoms with Crippen LogP contribution in [0.15, 0.2) is 41.5 Å². The summed E-state index contributed by atoms with van der Waals surface area (Å²) in [5, 5.41) is 9.88. The van der Waals surface area contributed by atoms with Crippen molar-refractivity contribution in [2.24, 2.45) is 0 Å². The molecule has 0 spiro atoms. The standard InChI is InChI=1S/C22H30O3/c1-16(2)8-6-9-17(3)10-7-12-22(4)13-11-18-14-19(23)21(24-5)15-20(18)25-22/h8,10-11,13-15,23H,6-7,9,12H2,1-5H3/t22-/m0/s1. The quantitative estimate of drug-likeness (QED) is 0.614. The summed E-state index contributed by atoms with van der Waals surface area (Å²) in [5.41, 5.74) is 3.34. The maximum absolute atomic E-state index is 9.88. The van der Waals surface area contributed by atoms with Crippen LogP contribution in [0.4, 0.5) is 0 Å². The van der Waals surface area contributed by atoms with Gasteiger partial charge in [0.15, 0.2) is 11.5 Å². The Balaban J connectivity index is 1.96. The lowest BCUT2D eigenvalue weighted by molar-refractivity contribution is 0.128. The topological polar surface area (TPSA) is 38.7 Å². The number of benzene rings is 1. The fourth-order valence-corrected chi connectivity index (χ4v) is 2.93. The molecule has 1 heterocycles. The molecule has 1 atom stereocenters. The molecule has 0 aliphatic carbocycles. The minimum Gasteiger partial charge on any atom is -0.504 e. The van der Waals surface area contributed by atoms with Crippen molar-refractivity contribution in [1.29, 1.82) is 0 Å². The van der Waals surface area contributed by atoms with Gasteiger partial charge < -0.3 is 14.6 Å². The van der Waals surface area contributed by atoms with Gasteiger partial charge in [0.2, 0.25) is 0 Å². The van der Waals surface area contributed by atoms with Gasteiger partial charge in [0, 0.05) is 11.6 Å². The van der Waals surface area contributed by atoms with E-state index in [1.807, 2.05) is 6.08 Å². The molecule has 0 fully saturated rings. The van der Waals surface area contributed by atoms with E-state index in [-0.39, 0.29) is 11.4 Å². The summed E-state index contributed by atoms with van der Waals surface area (Å²) >= 11 is 0. The molecule has 2 rings (SSSR count). The molecule has 1 aliphatic heterocycles. The molecule has 3 nitrogen and oxygen atoms in total. The number of phenols is 1.